The second-order valence-corrected chi connectivity index (χ2v) is 8.26. The maximum Gasteiger partial charge on any atom is 0.177 e. The fraction of sp³-hybridized carbons (Fsp3) is 0.900. The molecule has 22 heavy (non-hydrogen) atoms. The molecule has 4 unspecified atom stereocenters. The molecule has 0 aromatic rings. The molecule has 126 valence electrons. The van der Waals surface area contributed by atoms with E-state index in [0.717, 1.165) is 23.8 Å². The van der Waals surface area contributed by atoms with E-state index in [2.05, 4.69) is 6.58 Å². The van der Waals surface area contributed by atoms with Gasteiger partial charge in [-0.15, -0.1) is 0 Å². The fourth-order valence-electron chi connectivity index (χ4n) is 5.43. The number of aliphatic hydroxyl groups is 1. The molecule has 0 aromatic heterocycles. The molecule has 0 bridgehead atoms. The highest BCUT2D eigenvalue weighted by Gasteiger charge is 2.48. The van der Waals surface area contributed by atoms with Gasteiger partial charge in [0, 0.05) is 0 Å². The van der Waals surface area contributed by atoms with Gasteiger partial charge in [0.2, 0.25) is 0 Å². The lowest BCUT2D eigenvalue weighted by Crippen LogP contribution is -2.50. The summed E-state index contributed by atoms with van der Waals surface area (Å²) in [6.07, 6.45) is 15.1. The summed E-state index contributed by atoms with van der Waals surface area (Å²) < 4.78 is 6.38. The van der Waals surface area contributed by atoms with Crippen molar-refractivity contribution in [2.45, 2.75) is 95.9 Å². The van der Waals surface area contributed by atoms with Crippen LogP contribution in [0.25, 0.3) is 0 Å². The highest BCUT2D eigenvalue weighted by molar-refractivity contribution is 5.01. The lowest BCUT2D eigenvalue weighted by atomic mass is 9.60. The minimum Gasteiger partial charge on any atom is -0.364 e. The van der Waals surface area contributed by atoms with Crippen LogP contribution in [0.2, 0.25) is 0 Å². The zero-order chi connectivity index (χ0) is 15.6. The third kappa shape index (κ3) is 3.43. The maximum atomic E-state index is 10.3. The summed E-state index contributed by atoms with van der Waals surface area (Å²) >= 11 is 0. The molecule has 0 aliphatic heterocycles. The Labute approximate surface area is 136 Å². The third-order valence-electron chi connectivity index (χ3n) is 6.73. The van der Waals surface area contributed by atoms with E-state index in [1.165, 1.54) is 70.6 Å². The van der Waals surface area contributed by atoms with E-state index in [0.29, 0.717) is 5.92 Å². The van der Waals surface area contributed by atoms with Crippen LogP contribution in [0.15, 0.2) is 12.2 Å². The Bertz CT molecular complexity index is 385. The normalized spacial score (nSPS) is 38.3. The summed E-state index contributed by atoms with van der Waals surface area (Å²) in [4.78, 5) is 0. The van der Waals surface area contributed by atoms with Crippen LogP contribution in [0.3, 0.4) is 0 Å². The molecule has 1 N–H and O–H groups in total. The van der Waals surface area contributed by atoms with Gasteiger partial charge in [0.05, 0.1) is 5.60 Å². The average molecular weight is 306 g/mol. The van der Waals surface area contributed by atoms with E-state index < -0.39 is 6.29 Å². The van der Waals surface area contributed by atoms with Gasteiger partial charge in [-0.25, -0.2) is 0 Å². The largest absolute Gasteiger partial charge is 0.364 e. The summed E-state index contributed by atoms with van der Waals surface area (Å²) in [5, 5.41) is 10.3. The highest BCUT2D eigenvalue weighted by Crippen LogP contribution is 2.51. The number of rotatable bonds is 4. The molecule has 2 nitrogen and oxygen atoms in total. The first-order chi connectivity index (χ1) is 10.6. The Balaban J connectivity index is 1.77. The van der Waals surface area contributed by atoms with Crippen LogP contribution in [0.4, 0.5) is 0 Å². The Morgan fingerprint density at radius 2 is 1.64 bits per heavy atom. The summed E-state index contributed by atoms with van der Waals surface area (Å²) in [5.74, 6) is 2.41. The molecule has 0 amide bonds. The van der Waals surface area contributed by atoms with Crippen LogP contribution >= 0.6 is 0 Å². The van der Waals surface area contributed by atoms with Gasteiger partial charge < -0.3 is 9.84 Å². The number of hydrogen-bond acceptors (Lipinski definition) is 2. The lowest BCUT2D eigenvalue weighted by Gasteiger charge is -2.51. The van der Waals surface area contributed by atoms with Crippen molar-refractivity contribution in [3.05, 3.63) is 12.2 Å². The molecule has 3 aliphatic carbocycles. The summed E-state index contributed by atoms with van der Waals surface area (Å²) in [6, 6.07) is 0. The van der Waals surface area contributed by atoms with Gasteiger partial charge in [-0.05, 0) is 62.4 Å². The zero-order valence-electron chi connectivity index (χ0n) is 14.4. The predicted octanol–water partition coefficient (Wildman–Crippen LogP) is 5.21. The van der Waals surface area contributed by atoms with Gasteiger partial charge in [-0.2, -0.15) is 0 Å². The Morgan fingerprint density at radius 1 is 1.00 bits per heavy atom. The standard InChI is InChI=1S/C20H34O2/c1-15(2)19(21)22-20(18-10-4-3-5-11-18)13-12-16-8-6-7-9-17(16)14-20/h16-19,21H,1,3-14H2,2H3. The van der Waals surface area contributed by atoms with Crippen molar-refractivity contribution in [2.24, 2.45) is 17.8 Å². The first kappa shape index (κ1) is 16.5. The van der Waals surface area contributed by atoms with Crippen molar-refractivity contribution in [3.63, 3.8) is 0 Å². The van der Waals surface area contributed by atoms with Crippen LogP contribution in [0.5, 0.6) is 0 Å². The van der Waals surface area contributed by atoms with Crippen molar-refractivity contribution in [2.75, 3.05) is 0 Å². The van der Waals surface area contributed by atoms with Crippen LogP contribution in [0, 0.1) is 17.8 Å². The molecule has 0 heterocycles. The minimum absolute atomic E-state index is 0.0721. The molecule has 3 saturated carbocycles. The van der Waals surface area contributed by atoms with E-state index in [1.807, 2.05) is 6.92 Å². The quantitative estimate of drug-likeness (QED) is 0.571. The molecule has 4 atom stereocenters. The molecule has 0 saturated heterocycles. The van der Waals surface area contributed by atoms with Gasteiger partial charge in [0.15, 0.2) is 6.29 Å². The molecule has 0 aromatic carbocycles. The first-order valence-electron chi connectivity index (χ1n) is 9.62. The second kappa shape index (κ2) is 7.05. The van der Waals surface area contributed by atoms with Gasteiger partial charge in [-0.3, -0.25) is 0 Å². The van der Waals surface area contributed by atoms with Crippen molar-refractivity contribution < 1.29 is 9.84 Å². The fourth-order valence-corrected chi connectivity index (χ4v) is 5.43. The summed E-state index contributed by atoms with van der Waals surface area (Å²) in [6.45, 7) is 5.78. The second-order valence-electron chi connectivity index (χ2n) is 8.26. The smallest absolute Gasteiger partial charge is 0.177 e. The van der Waals surface area contributed by atoms with E-state index >= 15 is 0 Å². The van der Waals surface area contributed by atoms with E-state index in [9.17, 15) is 5.11 Å². The monoisotopic (exact) mass is 306 g/mol. The number of fused-ring (bicyclic) bond motifs is 1. The van der Waals surface area contributed by atoms with E-state index in [-0.39, 0.29) is 5.60 Å². The maximum absolute atomic E-state index is 10.3. The SMILES string of the molecule is C=C(C)C(O)OC1(C2CCCCC2)CCC2CCCCC2C1. The van der Waals surface area contributed by atoms with Crippen molar-refractivity contribution in [1.29, 1.82) is 0 Å². The Kier molecular flexibility index (Phi) is 5.29. The summed E-state index contributed by atoms with van der Waals surface area (Å²) in [7, 11) is 0. The van der Waals surface area contributed by atoms with Gasteiger partial charge in [0.25, 0.3) is 0 Å². The zero-order valence-corrected chi connectivity index (χ0v) is 14.4. The lowest BCUT2D eigenvalue weighted by molar-refractivity contribution is -0.218. The highest BCUT2D eigenvalue weighted by atomic mass is 16.6. The van der Waals surface area contributed by atoms with Crippen LogP contribution < -0.4 is 0 Å². The Morgan fingerprint density at radius 3 is 2.32 bits per heavy atom. The minimum atomic E-state index is -0.776. The van der Waals surface area contributed by atoms with Gasteiger partial charge in [0.1, 0.15) is 0 Å². The average Bonchev–Trinajstić information content (AvgIpc) is 2.55. The van der Waals surface area contributed by atoms with Crippen LogP contribution in [-0.2, 0) is 4.74 Å². The van der Waals surface area contributed by atoms with Crippen LogP contribution in [0.1, 0.15) is 84.0 Å². The molecule has 3 aliphatic rings. The Hall–Kier alpha value is -0.340. The molecule has 0 spiro atoms. The predicted molar refractivity (Wildman–Crippen MR) is 90.5 cm³/mol. The number of aliphatic hydroxyl groups excluding tert-OH is 1. The van der Waals surface area contributed by atoms with Crippen molar-refractivity contribution in [3.8, 4) is 0 Å². The molecular formula is C20H34O2. The van der Waals surface area contributed by atoms with Crippen molar-refractivity contribution >= 4 is 0 Å². The molecule has 0 radical (unpaired) electrons. The number of hydrogen-bond donors (Lipinski definition) is 1. The first-order valence-corrected chi connectivity index (χ1v) is 9.62. The topological polar surface area (TPSA) is 29.5 Å². The molecule has 3 rings (SSSR count). The van der Waals surface area contributed by atoms with Gasteiger partial charge in [-0.1, -0.05) is 51.5 Å². The molecular weight excluding hydrogens is 272 g/mol. The molecule has 3 fully saturated rings. The molecule has 2 heteroatoms. The van der Waals surface area contributed by atoms with Crippen molar-refractivity contribution in [1.82, 2.24) is 0 Å². The van der Waals surface area contributed by atoms with Crippen LogP contribution in [-0.4, -0.2) is 17.0 Å². The number of ether oxygens (including phenoxy) is 1. The third-order valence-corrected chi connectivity index (χ3v) is 6.73. The van der Waals surface area contributed by atoms with E-state index in [1.54, 1.807) is 0 Å². The summed E-state index contributed by atoms with van der Waals surface area (Å²) in [5.41, 5.74) is 0.679. The van der Waals surface area contributed by atoms with Gasteiger partial charge >= 0.3 is 0 Å². The van der Waals surface area contributed by atoms with E-state index in [4.69, 9.17) is 4.74 Å².